The number of rotatable bonds is 3. The van der Waals surface area contributed by atoms with Gasteiger partial charge in [0.15, 0.2) is 0 Å². The van der Waals surface area contributed by atoms with Crippen molar-refractivity contribution in [3.63, 3.8) is 0 Å². The summed E-state index contributed by atoms with van der Waals surface area (Å²) in [5.74, 6) is 0.0282. The number of hydrogen-bond acceptors (Lipinski definition) is 3. The van der Waals surface area contributed by atoms with Crippen LogP contribution in [0.15, 0.2) is 0 Å². The molecule has 0 bridgehead atoms. The van der Waals surface area contributed by atoms with Gasteiger partial charge in [-0.15, -0.1) is 0 Å². The van der Waals surface area contributed by atoms with Crippen LogP contribution < -0.4 is 11.1 Å². The van der Waals surface area contributed by atoms with E-state index in [1.54, 1.807) is 0 Å². The molecule has 0 aromatic heterocycles. The Morgan fingerprint density at radius 1 is 1.83 bits per heavy atom. The molecule has 12 heavy (non-hydrogen) atoms. The Kier molecular flexibility index (Phi) is 3.49. The molecule has 1 aliphatic heterocycles. The molecule has 0 spiro atoms. The molecule has 1 amide bonds. The Morgan fingerprint density at radius 3 is 3.08 bits per heavy atom. The van der Waals surface area contributed by atoms with Crippen molar-refractivity contribution in [2.45, 2.75) is 31.8 Å². The van der Waals surface area contributed by atoms with Crippen molar-refractivity contribution >= 4 is 5.91 Å². The molecule has 0 radical (unpaired) electrons. The maximum absolute atomic E-state index is 11.2. The summed E-state index contributed by atoms with van der Waals surface area (Å²) in [6.07, 6.45) is 1.32. The van der Waals surface area contributed by atoms with Crippen LogP contribution in [0.5, 0.6) is 0 Å². The highest BCUT2D eigenvalue weighted by atomic mass is 16.5. The standard InChI is InChI=1S/C8H16N2O2/c1-6(9)4-8(11)10-7-2-3-12-5-7/h6-7H,2-5,9H2,1H3,(H,10,11). The van der Waals surface area contributed by atoms with Gasteiger partial charge in [0.2, 0.25) is 5.91 Å². The fraction of sp³-hybridized carbons (Fsp3) is 0.875. The van der Waals surface area contributed by atoms with E-state index in [0.29, 0.717) is 13.0 Å². The van der Waals surface area contributed by atoms with Crippen LogP contribution in [0.3, 0.4) is 0 Å². The van der Waals surface area contributed by atoms with Gasteiger partial charge in [-0.3, -0.25) is 4.79 Å². The molecule has 0 aliphatic carbocycles. The van der Waals surface area contributed by atoms with Gasteiger partial charge in [-0.25, -0.2) is 0 Å². The average molecular weight is 172 g/mol. The highest BCUT2D eigenvalue weighted by molar-refractivity contribution is 5.76. The minimum Gasteiger partial charge on any atom is -0.379 e. The van der Waals surface area contributed by atoms with Crippen LogP contribution >= 0.6 is 0 Å². The zero-order chi connectivity index (χ0) is 8.97. The third kappa shape index (κ3) is 3.19. The highest BCUT2D eigenvalue weighted by Gasteiger charge is 2.17. The van der Waals surface area contributed by atoms with Crippen molar-refractivity contribution in [1.82, 2.24) is 5.32 Å². The maximum Gasteiger partial charge on any atom is 0.221 e. The van der Waals surface area contributed by atoms with Crippen molar-refractivity contribution in [1.29, 1.82) is 0 Å². The number of ether oxygens (including phenoxy) is 1. The van der Waals surface area contributed by atoms with E-state index in [0.717, 1.165) is 13.0 Å². The molecular weight excluding hydrogens is 156 g/mol. The van der Waals surface area contributed by atoms with Crippen LogP contribution in [-0.4, -0.2) is 31.2 Å². The van der Waals surface area contributed by atoms with E-state index in [2.05, 4.69) is 5.32 Å². The Hall–Kier alpha value is -0.610. The summed E-state index contributed by atoms with van der Waals surface area (Å²) in [4.78, 5) is 11.2. The van der Waals surface area contributed by atoms with E-state index in [4.69, 9.17) is 10.5 Å². The molecule has 70 valence electrons. The number of amides is 1. The molecule has 1 aliphatic rings. The second-order valence-electron chi connectivity index (χ2n) is 3.31. The van der Waals surface area contributed by atoms with Gasteiger partial charge in [0, 0.05) is 19.1 Å². The van der Waals surface area contributed by atoms with E-state index < -0.39 is 0 Å². The number of carbonyl (C=O) groups is 1. The van der Waals surface area contributed by atoms with E-state index in [1.807, 2.05) is 6.92 Å². The first-order valence-corrected chi connectivity index (χ1v) is 4.31. The van der Waals surface area contributed by atoms with E-state index in [-0.39, 0.29) is 18.0 Å². The lowest BCUT2D eigenvalue weighted by Gasteiger charge is -2.11. The normalized spacial score (nSPS) is 25.3. The number of nitrogens with two attached hydrogens (primary N) is 1. The minimum absolute atomic E-state index is 0.0282. The summed E-state index contributed by atoms with van der Waals surface area (Å²) >= 11 is 0. The predicted octanol–water partition coefficient (Wildman–Crippen LogP) is -0.371. The van der Waals surface area contributed by atoms with Gasteiger partial charge in [-0.1, -0.05) is 0 Å². The zero-order valence-electron chi connectivity index (χ0n) is 7.38. The number of carbonyl (C=O) groups excluding carboxylic acids is 1. The third-order valence-corrected chi connectivity index (χ3v) is 1.80. The molecule has 4 nitrogen and oxygen atoms in total. The van der Waals surface area contributed by atoms with Crippen LogP contribution in [-0.2, 0) is 9.53 Å². The quantitative estimate of drug-likeness (QED) is 0.610. The van der Waals surface area contributed by atoms with Gasteiger partial charge in [0.1, 0.15) is 0 Å². The second-order valence-corrected chi connectivity index (χ2v) is 3.31. The molecule has 1 saturated heterocycles. The summed E-state index contributed by atoms with van der Waals surface area (Å²) in [6.45, 7) is 3.22. The molecule has 2 unspecified atom stereocenters. The lowest BCUT2D eigenvalue weighted by molar-refractivity contribution is -0.122. The van der Waals surface area contributed by atoms with Gasteiger partial charge >= 0.3 is 0 Å². The third-order valence-electron chi connectivity index (χ3n) is 1.80. The Labute approximate surface area is 72.5 Å². The van der Waals surface area contributed by atoms with E-state index in [1.165, 1.54) is 0 Å². The van der Waals surface area contributed by atoms with Crippen LogP contribution in [0.25, 0.3) is 0 Å². The number of nitrogens with one attached hydrogen (secondary N) is 1. The largest absolute Gasteiger partial charge is 0.379 e. The first-order chi connectivity index (χ1) is 5.68. The van der Waals surface area contributed by atoms with Gasteiger partial charge in [0.25, 0.3) is 0 Å². The Bertz CT molecular complexity index is 153. The number of hydrogen-bond donors (Lipinski definition) is 2. The summed E-state index contributed by atoms with van der Waals surface area (Å²) in [5.41, 5.74) is 5.48. The molecule has 0 aromatic carbocycles. The van der Waals surface area contributed by atoms with Crippen molar-refractivity contribution in [2.75, 3.05) is 13.2 Å². The zero-order valence-corrected chi connectivity index (χ0v) is 7.38. The van der Waals surface area contributed by atoms with Gasteiger partial charge in [-0.2, -0.15) is 0 Å². The summed E-state index contributed by atoms with van der Waals surface area (Å²) < 4.78 is 5.12. The average Bonchev–Trinajstić information content (AvgIpc) is 2.37. The topological polar surface area (TPSA) is 64.4 Å². The Balaban J connectivity index is 2.16. The van der Waals surface area contributed by atoms with Crippen LogP contribution in [0.1, 0.15) is 19.8 Å². The molecule has 1 rings (SSSR count). The van der Waals surface area contributed by atoms with E-state index in [9.17, 15) is 4.79 Å². The first kappa shape index (κ1) is 9.48. The molecule has 3 N–H and O–H groups in total. The van der Waals surface area contributed by atoms with Crippen molar-refractivity contribution < 1.29 is 9.53 Å². The molecule has 2 atom stereocenters. The predicted molar refractivity (Wildman–Crippen MR) is 45.6 cm³/mol. The monoisotopic (exact) mass is 172 g/mol. The second kappa shape index (κ2) is 4.42. The lowest BCUT2D eigenvalue weighted by Crippen LogP contribution is -2.37. The minimum atomic E-state index is -0.0627. The van der Waals surface area contributed by atoms with Gasteiger partial charge in [-0.05, 0) is 13.3 Å². The fourth-order valence-corrected chi connectivity index (χ4v) is 1.23. The molecule has 0 saturated carbocycles. The fourth-order valence-electron chi connectivity index (χ4n) is 1.23. The highest BCUT2D eigenvalue weighted by Crippen LogP contribution is 2.03. The molecule has 1 heterocycles. The van der Waals surface area contributed by atoms with Crippen molar-refractivity contribution in [3.8, 4) is 0 Å². The molecule has 4 heteroatoms. The van der Waals surface area contributed by atoms with Crippen molar-refractivity contribution in [3.05, 3.63) is 0 Å². The van der Waals surface area contributed by atoms with Gasteiger partial charge in [0.05, 0.1) is 12.6 Å². The summed E-state index contributed by atoms with van der Waals surface area (Å²) in [5, 5.41) is 2.87. The summed E-state index contributed by atoms with van der Waals surface area (Å²) in [7, 11) is 0. The van der Waals surface area contributed by atoms with Crippen molar-refractivity contribution in [2.24, 2.45) is 5.73 Å². The van der Waals surface area contributed by atoms with Gasteiger partial charge < -0.3 is 15.8 Å². The maximum atomic E-state index is 11.2. The lowest BCUT2D eigenvalue weighted by atomic mass is 10.2. The Morgan fingerprint density at radius 2 is 2.58 bits per heavy atom. The molecule has 1 fully saturated rings. The smallest absolute Gasteiger partial charge is 0.221 e. The molecule has 0 aromatic rings. The van der Waals surface area contributed by atoms with E-state index >= 15 is 0 Å². The SMILES string of the molecule is CC(N)CC(=O)NC1CCOC1. The van der Waals surface area contributed by atoms with Crippen LogP contribution in [0.4, 0.5) is 0 Å². The van der Waals surface area contributed by atoms with Crippen LogP contribution in [0.2, 0.25) is 0 Å². The molecular formula is C8H16N2O2. The summed E-state index contributed by atoms with van der Waals surface area (Å²) in [6, 6.07) is 0.142. The first-order valence-electron chi connectivity index (χ1n) is 4.31. The van der Waals surface area contributed by atoms with Crippen LogP contribution in [0, 0.1) is 0 Å².